The van der Waals surface area contributed by atoms with E-state index in [0.717, 1.165) is 0 Å². The molecule has 0 saturated carbocycles. The lowest BCUT2D eigenvalue weighted by Gasteiger charge is -2.21. The Hall–Kier alpha value is 0.230. The van der Waals surface area contributed by atoms with Gasteiger partial charge in [-0.05, 0) is 13.8 Å². The molecule has 3 aliphatic heterocycles. The largest absolute Gasteiger partial charge is 0.371 e. The molecule has 74 valence electrons. The summed E-state index contributed by atoms with van der Waals surface area (Å²) in [5.74, 6) is 0.814. The van der Waals surface area contributed by atoms with Gasteiger partial charge in [0.25, 0.3) is 0 Å². The molecule has 13 heavy (non-hydrogen) atoms. The van der Waals surface area contributed by atoms with Crippen molar-refractivity contribution in [1.82, 2.24) is 0 Å². The Kier molecular flexibility index (Phi) is 1.72. The molecule has 0 bridgehead atoms. The zero-order valence-corrected chi connectivity index (χ0v) is 8.67. The van der Waals surface area contributed by atoms with Crippen LogP contribution < -0.4 is 0 Å². The molecule has 0 aliphatic carbocycles. The van der Waals surface area contributed by atoms with E-state index in [1.54, 1.807) is 0 Å². The second-order valence-electron chi connectivity index (χ2n) is 4.31. The topological polar surface area (TPSA) is 27.7 Å². The van der Waals surface area contributed by atoms with Gasteiger partial charge in [0.2, 0.25) is 0 Å². The van der Waals surface area contributed by atoms with Crippen LogP contribution in [0, 0.1) is 0 Å². The summed E-state index contributed by atoms with van der Waals surface area (Å²) < 4.78 is 17.2. The van der Waals surface area contributed by atoms with Gasteiger partial charge in [0.15, 0.2) is 5.79 Å². The molecule has 0 aromatic heterocycles. The fourth-order valence-electron chi connectivity index (χ4n) is 2.14. The van der Waals surface area contributed by atoms with Gasteiger partial charge < -0.3 is 14.2 Å². The van der Waals surface area contributed by atoms with Crippen molar-refractivity contribution in [2.24, 2.45) is 0 Å². The molecular weight excluding hydrogens is 188 g/mol. The van der Waals surface area contributed by atoms with E-state index in [4.69, 9.17) is 14.2 Å². The first kappa shape index (κ1) is 8.53. The quantitative estimate of drug-likeness (QED) is 0.593. The zero-order valence-electron chi connectivity index (χ0n) is 7.86. The van der Waals surface area contributed by atoms with Gasteiger partial charge in [0, 0.05) is 11.0 Å². The lowest BCUT2D eigenvalue weighted by Crippen LogP contribution is -2.32. The number of hydrogen-bond donors (Lipinski definition) is 0. The molecule has 0 aromatic rings. The Morgan fingerprint density at radius 3 is 2.69 bits per heavy atom. The Bertz CT molecular complexity index is 227. The van der Waals surface area contributed by atoms with E-state index >= 15 is 0 Å². The smallest absolute Gasteiger partial charge is 0.164 e. The van der Waals surface area contributed by atoms with Crippen LogP contribution in [0.15, 0.2) is 0 Å². The highest BCUT2D eigenvalue weighted by atomic mass is 32.2. The van der Waals surface area contributed by atoms with Gasteiger partial charge in [0.05, 0.1) is 12.7 Å². The second-order valence-corrected chi connectivity index (χ2v) is 5.58. The monoisotopic (exact) mass is 202 g/mol. The lowest BCUT2D eigenvalue weighted by molar-refractivity contribution is -0.173. The highest BCUT2D eigenvalue weighted by molar-refractivity contribution is 8.06. The van der Waals surface area contributed by atoms with Crippen LogP contribution in [-0.2, 0) is 14.2 Å². The number of rotatable bonds is 1. The summed E-state index contributed by atoms with van der Waals surface area (Å²) >= 11 is 1.95. The third-order valence-electron chi connectivity index (χ3n) is 2.72. The van der Waals surface area contributed by atoms with Crippen LogP contribution in [0.3, 0.4) is 0 Å². The summed E-state index contributed by atoms with van der Waals surface area (Å²) in [5.41, 5.74) is 0. The Balaban J connectivity index is 1.76. The minimum Gasteiger partial charge on any atom is -0.371 e. The third kappa shape index (κ3) is 1.40. The molecular formula is C9H14O3S. The molecule has 0 spiro atoms. The third-order valence-corrected chi connectivity index (χ3v) is 3.71. The summed E-state index contributed by atoms with van der Waals surface area (Å²) in [6.45, 7) is 4.65. The van der Waals surface area contributed by atoms with Gasteiger partial charge in [-0.15, -0.1) is 0 Å². The number of thioether (sulfide) groups is 1. The summed E-state index contributed by atoms with van der Waals surface area (Å²) in [4.78, 5) is 0. The van der Waals surface area contributed by atoms with E-state index in [9.17, 15) is 0 Å². The van der Waals surface area contributed by atoms with Crippen LogP contribution in [-0.4, -0.2) is 41.7 Å². The number of hydrogen-bond acceptors (Lipinski definition) is 4. The summed E-state index contributed by atoms with van der Waals surface area (Å²) in [7, 11) is 0. The normalized spacial score (nSPS) is 52.2. The van der Waals surface area contributed by atoms with E-state index in [0.29, 0.717) is 11.9 Å². The summed E-state index contributed by atoms with van der Waals surface area (Å²) in [6, 6.07) is 0. The van der Waals surface area contributed by atoms with E-state index in [-0.39, 0.29) is 18.3 Å². The van der Waals surface area contributed by atoms with Crippen LogP contribution in [0.25, 0.3) is 0 Å². The molecule has 4 atom stereocenters. The maximum absolute atomic E-state index is 5.83. The summed E-state index contributed by atoms with van der Waals surface area (Å²) in [5, 5.41) is 0.660. The molecule has 3 rings (SSSR count). The Morgan fingerprint density at radius 1 is 1.23 bits per heavy atom. The highest BCUT2D eigenvalue weighted by Crippen LogP contribution is 2.44. The van der Waals surface area contributed by atoms with Crippen LogP contribution in [0.2, 0.25) is 0 Å². The number of fused-ring (bicyclic) bond motifs is 1. The van der Waals surface area contributed by atoms with E-state index in [2.05, 4.69) is 0 Å². The fraction of sp³-hybridized carbons (Fsp3) is 1.00. The first-order chi connectivity index (χ1) is 6.16. The van der Waals surface area contributed by atoms with Crippen molar-refractivity contribution in [2.75, 3.05) is 12.4 Å². The second kappa shape index (κ2) is 2.63. The van der Waals surface area contributed by atoms with Crippen LogP contribution >= 0.6 is 11.8 Å². The standard InChI is InChI=1S/C9H14O3S/c1-9(2)11-5-3-10-8(6-4-13-6)7(5)12-9/h5-8H,3-4H2,1-2H3/t5-,6-,7-,8-/m1/s1. The predicted molar refractivity (Wildman–Crippen MR) is 49.8 cm³/mol. The zero-order chi connectivity index (χ0) is 9.05. The van der Waals surface area contributed by atoms with Crippen molar-refractivity contribution < 1.29 is 14.2 Å². The van der Waals surface area contributed by atoms with Gasteiger partial charge in [0.1, 0.15) is 12.2 Å². The van der Waals surface area contributed by atoms with Gasteiger partial charge in [-0.1, -0.05) is 0 Å². The molecule has 3 fully saturated rings. The minimum atomic E-state index is -0.406. The molecule has 0 unspecified atom stereocenters. The lowest BCUT2D eigenvalue weighted by atomic mass is 10.1. The molecule has 0 aromatic carbocycles. The van der Waals surface area contributed by atoms with E-state index < -0.39 is 5.79 Å². The van der Waals surface area contributed by atoms with Crippen molar-refractivity contribution >= 4 is 11.8 Å². The molecule has 3 saturated heterocycles. The van der Waals surface area contributed by atoms with E-state index in [1.807, 2.05) is 25.6 Å². The predicted octanol–water partition coefficient (Wildman–Crippen LogP) is 1.02. The highest BCUT2D eigenvalue weighted by Gasteiger charge is 2.54. The SMILES string of the molecule is CC1(C)O[C@H]2[C@@H]([C@H]3CS3)OC[C@H]2O1. The minimum absolute atomic E-state index is 0.168. The summed E-state index contributed by atoms with van der Waals surface area (Å²) in [6.07, 6.45) is 0.618. The van der Waals surface area contributed by atoms with Crippen LogP contribution in [0.4, 0.5) is 0 Å². The molecule has 0 amide bonds. The average Bonchev–Trinajstić information content (AvgIpc) is 2.72. The fourth-order valence-corrected chi connectivity index (χ4v) is 2.86. The van der Waals surface area contributed by atoms with Crippen LogP contribution in [0.1, 0.15) is 13.8 Å². The van der Waals surface area contributed by atoms with Gasteiger partial charge >= 0.3 is 0 Å². The first-order valence-electron chi connectivity index (χ1n) is 4.74. The van der Waals surface area contributed by atoms with Gasteiger partial charge in [-0.3, -0.25) is 0 Å². The Labute approximate surface area is 82.1 Å². The van der Waals surface area contributed by atoms with Crippen LogP contribution in [0.5, 0.6) is 0 Å². The number of ether oxygens (including phenoxy) is 3. The van der Waals surface area contributed by atoms with Crippen molar-refractivity contribution in [3.63, 3.8) is 0 Å². The van der Waals surface area contributed by atoms with Gasteiger partial charge in [-0.2, -0.15) is 11.8 Å². The average molecular weight is 202 g/mol. The maximum atomic E-state index is 5.83. The van der Waals surface area contributed by atoms with Crippen molar-refractivity contribution in [2.45, 2.75) is 43.2 Å². The maximum Gasteiger partial charge on any atom is 0.164 e. The van der Waals surface area contributed by atoms with Crippen molar-refractivity contribution in [3.8, 4) is 0 Å². The van der Waals surface area contributed by atoms with Crippen molar-refractivity contribution in [3.05, 3.63) is 0 Å². The molecule has 0 radical (unpaired) electrons. The Morgan fingerprint density at radius 2 is 2.00 bits per heavy atom. The molecule has 0 N–H and O–H groups in total. The molecule has 4 heteroatoms. The van der Waals surface area contributed by atoms with Gasteiger partial charge in [-0.25, -0.2) is 0 Å². The molecule has 3 aliphatic rings. The molecule has 3 heterocycles. The van der Waals surface area contributed by atoms with E-state index in [1.165, 1.54) is 5.75 Å². The molecule has 3 nitrogen and oxygen atoms in total. The first-order valence-corrected chi connectivity index (χ1v) is 5.79. The van der Waals surface area contributed by atoms with Crippen molar-refractivity contribution in [1.29, 1.82) is 0 Å².